The molecule has 1 aliphatic rings. The lowest BCUT2D eigenvalue weighted by atomic mass is 9.99. The molecule has 9 nitrogen and oxygen atoms in total. The van der Waals surface area contributed by atoms with Crippen molar-refractivity contribution in [2.24, 2.45) is 0 Å². The molecular weight excluding hydrogens is 527 g/mol. The number of hydrogen-bond donors (Lipinski definition) is 5. The van der Waals surface area contributed by atoms with E-state index in [4.69, 9.17) is 9.15 Å². The van der Waals surface area contributed by atoms with Crippen LogP contribution in [0.25, 0.3) is 11.6 Å². The van der Waals surface area contributed by atoms with Gasteiger partial charge in [-0.2, -0.15) is 0 Å². The van der Waals surface area contributed by atoms with E-state index in [2.05, 4.69) is 20.9 Å². The SMILES string of the molecule is Cc1[nH]c(/C=C2\COCNc3ccc(C(=O)N[C@H](C)c4ccc(F)cc4)cc32)c(C)c1NC(=O)C(O)c1ccoc1. The van der Waals surface area contributed by atoms with E-state index >= 15 is 0 Å². The van der Waals surface area contributed by atoms with Gasteiger partial charge in [0.15, 0.2) is 6.10 Å². The topological polar surface area (TPSA) is 129 Å². The lowest BCUT2D eigenvalue weighted by molar-refractivity contribution is -0.124. The highest BCUT2D eigenvalue weighted by Crippen LogP contribution is 2.33. The lowest BCUT2D eigenvalue weighted by Gasteiger charge is -2.16. The van der Waals surface area contributed by atoms with Gasteiger partial charge in [0, 0.05) is 33.8 Å². The van der Waals surface area contributed by atoms with Gasteiger partial charge in [-0.15, -0.1) is 0 Å². The average Bonchev–Trinajstić information content (AvgIpc) is 3.53. The van der Waals surface area contributed by atoms with Crippen LogP contribution in [-0.2, 0) is 9.53 Å². The molecule has 2 amide bonds. The molecule has 2 aromatic carbocycles. The van der Waals surface area contributed by atoms with Crippen LogP contribution < -0.4 is 16.0 Å². The zero-order chi connectivity index (χ0) is 29.1. The number of hydrogen-bond acceptors (Lipinski definition) is 6. The predicted octanol–water partition coefficient (Wildman–Crippen LogP) is 5.47. The predicted molar refractivity (Wildman–Crippen MR) is 154 cm³/mol. The van der Waals surface area contributed by atoms with Gasteiger partial charge in [0.05, 0.1) is 30.9 Å². The molecule has 0 aliphatic carbocycles. The van der Waals surface area contributed by atoms with Crippen LogP contribution in [0.15, 0.2) is 65.5 Å². The number of rotatable bonds is 7. The number of benzene rings is 2. The van der Waals surface area contributed by atoms with Gasteiger partial charge in [-0.3, -0.25) is 9.59 Å². The number of H-pyrrole nitrogens is 1. The second kappa shape index (κ2) is 11.8. The molecule has 0 saturated carbocycles. The maximum Gasteiger partial charge on any atom is 0.258 e. The Morgan fingerprint density at radius 1 is 1.10 bits per heavy atom. The van der Waals surface area contributed by atoms with Gasteiger partial charge in [-0.25, -0.2) is 4.39 Å². The van der Waals surface area contributed by atoms with E-state index in [1.807, 2.05) is 39.0 Å². The maximum absolute atomic E-state index is 13.3. The first kappa shape index (κ1) is 27.9. The molecule has 2 aromatic heterocycles. The summed E-state index contributed by atoms with van der Waals surface area (Å²) in [7, 11) is 0. The summed E-state index contributed by atoms with van der Waals surface area (Å²) in [6.45, 7) is 6.13. The van der Waals surface area contributed by atoms with E-state index in [1.165, 1.54) is 30.7 Å². The number of carbonyl (C=O) groups is 2. The summed E-state index contributed by atoms with van der Waals surface area (Å²) in [6.07, 6.45) is 3.28. The highest BCUT2D eigenvalue weighted by Gasteiger charge is 2.23. The maximum atomic E-state index is 13.3. The molecule has 3 heterocycles. The molecule has 0 fully saturated rings. The Bertz CT molecular complexity index is 1590. The Kier molecular flexibility index (Phi) is 8.04. The van der Waals surface area contributed by atoms with Crippen molar-refractivity contribution < 1.29 is 28.2 Å². The standard InChI is InChI=1S/C31H31FN4O5/c1-17-27(34-19(3)28(17)36-31(39)29(37)22-10-11-40-14-22)13-23-15-41-16-33-26-9-6-21(12-25(23)26)30(38)35-18(2)20-4-7-24(32)8-5-20/h4-14,18,29,33-34,37H,15-16H2,1-3H3,(H,35,38)(H,36,39)/b23-13+/t18-,29?/m1/s1. The van der Waals surface area contributed by atoms with E-state index < -0.39 is 12.0 Å². The summed E-state index contributed by atoms with van der Waals surface area (Å²) >= 11 is 0. The number of fused-ring (bicyclic) bond motifs is 1. The van der Waals surface area contributed by atoms with Crippen molar-refractivity contribution in [3.05, 3.63) is 106 Å². The number of furan rings is 1. The van der Waals surface area contributed by atoms with Crippen LogP contribution in [0.2, 0.25) is 0 Å². The Balaban J connectivity index is 1.40. The largest absolute Gasteiger partial charge is 0.472 e. The van der Waals surface area contributed by atoms with Crippen LogP contribution in [0, 0.1) is 19.7 Å². The van der Waals surface area contributed by atoms with Crippen molar-refractivity contribution in [3.8, 4) is 0 Å². The van der Waals surface area contributed by atoms with Gasteiger partial charge < -0.3 is 35.2 Å². The Morgan fingerprint density at radius 2 is 1.88 bits per heavy atom. The molecule has 41 heavy (non-hydrogen) atoms. The van der Waals surface area contributed by atoms with Gasteiger partial charge in [0.25, 0.3) is 11.8 Å². The molecule has 1 unspecified atom stereocenters. The minimum absolute atomic E-state index is 0.262. The van der Waals surface area contributed by atoms with Crippen molar-refractivity contribution in [2.45, 2.75) is 32.9 Å². The van der Waals surface area contributed by atoms with Crippen molar-refractivity contribution in [2.75, 3.05) is 24.0 Å². The van der Waals surface area contributed by atoms with Crippen molar-refractivity contribution in [1.29, 1.82) is 0 Å². The molecule has 10 heteroatoms. The number of aryl methyl sites for hydroxylation is 1. The minimum Gasteiger partial charge on any atom is -0.472 e. The summed E-state index contributed by atoms with van der Waals surface area (Å²) < 4.78 is 24.1. The molecule has 4 aromatic rings. The molecule has 1 aliphatic heterocycles. The van der Waals surface area contributed by atoms with Gasteiger partial charge in [-0.1, -0.05) is 12.1 Å². The smallest absolute Gasteiger partial charge is 0.258 e. The van der Waals surface area contributed by atoms with Crippen LogP contribution in [-0.4, -0.2) is 35.2 Å². The Labute approximate surface area is 236 Å². The normalized spacial score (nSPS) is 15.4. The number of aromatic amines is 1. The number of aliphatic hydroxyl groups excluding tert-OH is 1. The fraction of sp³-hybridized carbons (Fsp3) is 0.226. The second-order valence-electron chi connectivity index (χ2n) is 9.96. The molecule has 0 bridgehead atoms. The van der Waals surface area contributed by atoms with Crippen molar-refractivity contribution >= 4 is 34.8 Å². The van der Waals surface area contributed by atoms with Gasteiger partial charge in [0.1, 0.15) is 12.5 Å². The summed E-state index contributed by atoms with van der Waals surface area (Å²) in [5.41, 5.74) is 6.89. The number of ether oxygens (including phenoxy) is 1. The van der Waals surface area contributed by atoms with E-state index in [0.29, 0.717) is 23.5 Å². The highest BCUT2D eigenvalue weighted by molar-refractivity contribution is 5.99. The molecule has 5 rings (SSSR count). The van der Waals surface area contributed by atoms with Crippen LogP contribution >= 0.6 is 0 Å². The molecule has 212 valence electrons. The summed E-state index contributed by atoms with van der Waals surface area (Å²) in [5.74, 6) is -1.17. The van der Waals surface area contributed by atoms with E-state index in [-0.39, 0.29) is 24.4 Å². The number of nitrogens with one attached hydrogen (secondary N) is 4. The molecule has 2 atom stereocenters. The first-order valence-corrected chi connectivity index (χ1v) is 13.1. The van der Waals surface area contributed by atoms with Crippen LogP contribution in [0.4, 0.5) is 15.8 Å². The first-order chi connectivity index (χ1) is 19.7. The Hall–Kier alpha value is -4.67. The zero-order valence-electron chi connectivity index (χ0n) is 22.9. The average molecular weight is 559 g/mol. The summed E-state index contributed by atoms with van der Waals surface area (Å²) in [6, 6.07) is 12.6. The molecule has 0 spiro atoms. The van der Waals surface area contributed by atoms with Crippen LogP contribution in [0.5, 0.6) is 0 Å². The third kappa shape index (κ3) is 6.08. The summed E-state index contributed by atoms with van der Waals surface area (Å²) in [5, 5.41) is 19.4. The molecule has 0 radical (unpaired) electrons. The molecule has 0 saturated heterocycles. The van der Waals surface area contributed by atoms with Crippen LogP contribution in [0.3, 0.4) is 0 Å². The first-order valence-electron chi connectivity index (χ1n) is 13.1. The van der Waals surface area contributed by atoms with Gasteiger partial charge in [0.2, 0.25) is 0 Å². The number of aromatic nitrogens is 1. The number of aliphatic hydroxyl groups is 1. The minimum atomic E-state index is -1.37. The molecular formula is C31H31FN4O5. The second-order valence-corrected chi connectivity index (χ2v) is 9.96. The zero-order valence-corrected chi connectivity index (χ0v) is 22.9. The van der Waals surface area contributed by atoms with Crippen LogP contribution in [0.1, 0.15) is 63.1 Å². The molecule has 5 N–H and O–H groups in total. The number of halogens is 1. The number of anilines is 2. The van der Waals surface area contributed by atoms with E-state index in [9.17, 15) is 19.1 Å². The quantitative estimate of drug-likeness (QED) is 0.205. The van der Waals surface area contributed by atoms with E-state index in [1.54, 1.807) is 18.2 Å². The summed E-state index contributed by atoms with van der Waals surface area (Å²) in [4.78, 5) is 29.1. The number of amides is 2. The van der Waals surface area contributed by atoms with Crippen molar-refractivity contribution in [1.82, 2.24) is 10.3 Å². The highest BCUT2D eigenvalue weighted by atomic mass is 19.1. The van der Waals surface area contributed by atoms with E-state index in [0.717, 1.165) is 39.3 Å². The third-order valence-corrected chi connectivity index (χ3v) is 7.12. The Morgan fingerprint density at radius 3 is 2.61 bits per heavy atom. The number of carbonyl (C=O) groups excluding carboxylic acids is 2. The fourth-order valence-electron chi connectivity index (χ4n) is 4.76. The van der Waals surface area contributed by atoms with Crippen molar-refractivity contribution in [3.63, 3.8) is 0 Å². The third-order valence-electron chi connectivity index (χ3n) is 7.12. The fourth-order valence-corrected chi connectivity index (χ4v) is 4.76. The monoisotopic (exact) mass is 558 g/mol. The van der Waals surface area contributed by atoms with Gasteiger partial charge >= 0.3 is 0 Å². The van der Waals surface area contributed by atoms with Gasteiger partial charge in [-0.05, 0) is 79.9 Å². The lowest BCUT2D eigenvalue weighted by Crippen LogP contribution is -2.26.